The molecule has 0 aliphatic heterocycles. The van der Waals surface area contributed by atoms with Crippen LogP contribution in [0, 0.1) is 82.9 Å². The van der Waals surface area contributed by atoms with Crippen LogP contribution >= 0.6 is 0 Å². The minimum atomic E-state index is 0. The van der Waals surface area contributed by atoms with Crippen molar-refractivity contribution in [3.8, 4) is 0 Å². The predicted molar refractivity (Wildman–Crippen MR) is 290 cm³/mol. The maximum atomic E-state index is 2.40. The van der Waals surface area contributed by atoms with Crippen molar-refractivity contribution in [1.82, 2.24) is 0 Å². The molecule has 7 rings (SSSR count). The SMILES string of the molecule is C.C.C.C.C.C.C.CCC1CCC(CC2CCC(CC3CCC(CC)CC3)CC2)CC1.CCC1CCC(CC2CCC(CC3CCC(CC4CCC(CC)CC4)CC3)CC2)CC1. The quantitative estimate of drug-likeness (QED) is 0.163. The lowest BCUT2D eigenvalue weighted by molar-refractivity contribution is 0.152. The Morgan fingerprint density at radius 3 is 0.323 bits per heavy atom. The van der Waals surface area contributed by atoms with E-state index in [1.54, 1.807) is 186 Å². The number of hydrogen-bond donors (Lipinski definition) is 0. The Hall–Kier alpha value is 0. The largest absolute Gasteiger partial charge is 0.0776 e. The van der Waals surface area contributed by atoms with E-state index in [0.29, 0.717) is 0 Å². The molecule has 7 fully saturated rings. The molecule has 0 aromatic carbocycles. The molecular formula is C62H128. The van der Waals surface area contributed by atoms with Crippen molar-refractivity contribution >= 4 is 0 Å². The summed E-state index contributed by atoms with van der Waals surface area (Å²) in [4.78, 5) is 0. The molecule has 0 aromatic heterocycles. The molecule has 0 N–H and O–H groups in total. The molecule has 0 amide bonds. The molecule has 0 bridgehead atoms. The Labute approximate surface area is 398 Å². The fourth-order valence-electron chi connectivity index (χ4n) is 15.0. The first-order chi connectivity index (χ1) is 27.0. The lowest BCUT2D eigenvalue weighted by Crippen LogP contribution is -2.24. The van der Waals surface area contributed by atoms with Gasteiger partial charge in [-0.15, -0.1) is 0 Å². The first-order valence-corrected chi connectivity index (χ1v) is 27.0. The van der Waals surface area contributed by atoms with Gasteiger partial charge in [0, 0.05) is 0 Å². The van der Waals surface area contributed by atoms with Crippen molar-refractivity contribution in [2.24, 2.45) is 82.9 Å². The highest BCUT2D eigenvalue weighted by atomic mass is 14.4. The zero-order valence-electron chi connectivity index (χ0n) is 38.2. The molecule has 7 aliphatic carbocycles. The zero-order chi connectivity index (χ0) is 38.2. The molecule has 62 heavy (non-hydrogen) atoms. The van der Waals surface area contributed by atoms with Crippen molar-refractivity contribution < 1.29 is 0 Å². The van der Waals surface area contributed by atoms with Crippen LogP contribution in [-0.4, -0.2) is 0 Å². The van der Waals surface area contributed by atoms with Crippen LogP contribution in [0.15, 0.2) is 0 Å². The van der Waals surface area contributed by atoms with Crippen LogP contribution in [0.4, 0.5) is 0 Å². The third-order valence-corrected chi connectivity index (χ3v) is 19.4. The van der Waals surface area contributed by atoms with Crippen molar-refractivity contribution in [2.75, 3.05) is 0 Å². The summed E-state index contributed by atoms with van der Waals surface area (Å²) >= 11 is 0. The van der Waals surface area contributed by atoms with Gasteiger partial charge < -0.3 is 0 Å². The second kappa shape index (κ2) is 35.2. The van der Waals surface area contributed by atoms with Crippen molar-refractivity contribution in [2.45, 2.75) is 317 Å². The first kappa shape index (κ1) is 64.1. The lowest BCUT2D eigenvalue weighted by Gasteiger charge is -2.37. The van der Waals surface area contributed by atoms with Gasteiger partial charge in [-0.25, -0.2) is 0 Å². The van der Waals surface area contributed by atoms with E-state index in [0.717, 1.165) is 82.9 Å². The minimum Gasteiger partial charge on any atom is -0.0776 e. The highest BCUT2D eigenvalue weighted by Gasteiger charge is 2.32. The van der Waals surface area contributed by atoms with E-state index in [9.17, 15) is 0 Å². The molecule has 0 nitrogen and oxygen atoms in total. The van der Waals surface area contributed by atoms with Crippen molar-refractivity contribution in [3.05, 3.63) is 0 Å². The van der Waals surface area contributed by atoms with Gasteiger partial charge in [0.05, 0.1) is 0 Å². The van der Waals surface area contributed by atoms with Crippen LogP contribution in [-0.2, 0) is 0 Å². The smallest absolute Gasteiger partial charge is 0.0411 e. The maximum Gasteiger partial charge on any atom is -0.0411 e. The molecular weight excluding hydrogens is 745 g/mol. The summed E-state index contributed by atoms with van der Waals surface area (Å²) < 4.78 is 0. The van der Waals surface area contributed by atoms with E-state index in [2.05, 4.69) is 27.7 Å². The van der Waals surface area contributed by atoms with Gasteiger partial charge in [-0.1, -0.05) is 285 Å². The second-order valence-electron chi connectivity index (χ2n) is 23.0. The third-order valence-electron chi connectivity index (χ3n) is 19.4. The lowest BCUT2D eigenvalue weighted by atomic mass is 9.69. The van der Waals surface area contributed by atoms with Crippen molar-refractivity contribution in [3.63, 3.8) is 0 Å². The summed E-state index contributed by atoms with van der Waals surface area (Å²) in [5.41, 5.74) is 0. The Bertz CT molecular complexity index is 862. The number of rotatable bonds is 14. The van der Waals surface area contributed by atoms with Gasteiger partial charge in [0.1, 0.15) is 0 Å². The van der Waals surface area contributed by atoms with Crippen LogP contribution in [0.25, 0.3) is 0 Å². The molecule has 0 saturated heterocycles. The molecule has 7 aliphatic rings. The second-order valence-corrected chi connectivity index (χ2v) is 23.0. The predicted octanol–water partition coefficient (Wildman–Crippen LogP) is 22.7. The normalized spacial score (nSPS) is 37.2. The summed E-state index contributed by atoms with van der Waals surface area (Å²) in [7, 11) is 0. The van der Waals surface area contributed by atoms with E-state index in [1.165, 1.54) is 51.4 Å². The molecule has 0 heterocycles. The zero-order valence-corrected chi connectivity index (χ0v) is 38.2. The van der Waals surface area contributed by atoms with Gasteiger partial charge in [0.2, 0.25) is 0 Å². The minimum absolute atomic E-state index is 0. The summed E-state index contributed by atoms with van der Waals surface area (Å²) in [6, 6.07) is 0. The van der Waals surface area contributed by atoms with Crippen LogP contribution in [0.5, 0.6) is 0 Å². The molecule has 0 atom stereocenters. The van der Waals surface area contributed by atoms with Gasteiger partial charge in [-0.2, -0.15) is 0 Å². The molecule has 0 unspecified atom stereocenters. The molecule has 0 radical (unpaired) electrons. The van der Waals surface area contributed by atoms with E-state index < -0.39 is 0 Å². The highest BCUT2D eigenvalue weighted by Crippen LogP contribution is 2.45. The van der Waals surface area contributed by atoms with Crippen molar-refractivity contribution in [1.29, 1.82) is 0 Å². The number of hydrogen-bond acceptors (Lipinski definition) is 0. The standard InChI is InChI=1S/C31H56.C24H44.7CH4/c1-3-24-5-9-26(10-6-24)21-28-13-17-30(18-14-28)23-31-19-15-29(16-20-31)22-27-11-7-25(4-2)8-12-27;1-3-19-5-9-21(10-6-19)17-23-13-15-24(16-14-23)18-22-11-7-20(4-2)8-12-22;;;;;;;/h24-31H,3-23H2,1-2H3;19-24H,3-18H2,1-2H3;7*1H4. The van der Waals surface area contributed by atoms with Gasteiger partial charge in [0.15, 0.2) is 0 Å². The Morgan fingerprint density at radius 1 is 0.161 bits per heavy atom. The average molecular weight is 874 g/mol. The summed E-state index contributed by atoms with van der Waals surface area (Å²) in [5.74, 6) is 15.2. The fraction of sp³-hybridized carbons (Fsp3) is 1.00. The van der Waals surface area contributed by atoms with E-state index in [1.807, 2.05) is 0 Å². The summed E-state index contributed by atoms with van der Waals surface area (Å²) in [5, 5.41) is 0. The van der Waals surface area contributed by atoms with Gasteiger partial charge in [0.25, 0.3) is 0 Å². The first-order valence-electron chi connectivity index (χ1n) is 27.0. The van der Waals surface area contributed by atoms with Crippen LogP contribution in [0.2, 0.25) is 0 Å². The van der Waals surface area contributed by atoms with Gasteiger partial charge in [-0.05, 0) is 115 Å². The van der Waals surface area contributed by atoms with E-state index in [4.69, 9.17) is 0 Å². The van der Waals surface area contributed by atoms with E-state index >= 15 is 0 Å². The van der Waals surface area contributed by atoms with Crippen LogP contribution in [0.1, 0.15) is 317 Å². The summed E-state index contributed by atoms with van der Waals surface area (Å²) in [6.45, 7) is 9.58. The topological polar surface area (TPSA) is 0 Å². The molecule has 0 aromatic rings. The van der Waals surface area contributed by atoms with Gasteiger partial charge >= 0.3 is 0 Å². The van der Waals surface area contributed by atoms with Crippen LogP contribution < -0.4 is 0 Å². The van der Waals surface area contributed by atoms with E-state index in [-0.39, 0.29) is 52.0 Å². The molecule has 376 valence electrons. The maximum absolute atomic E-state index is 2.40. The molecule has 7 saturated carbocycles. The Balaban J connectivity index is 0. The third kappa shape index (κ3) is 21.7. The van der Waals surface area contributed by atoms with Gasteiger partial charge in [-0.3, -0.25) is 0 Å². The highest BCUT2D eigenvalue weighted by molar-refractivity contribution is 4.84. The Kier molecular flexibility index (Phi) is 36.4. The monoisotopic (exact) mass is 873 g/mol. The molecule has 0 heteroatoms. The molecule has 0 spiro atoms. The van der Waals surface area contributed by atoms with Crippen LogP contribution in [0.3, 0.4) is 0 Å². The fourth-order valence-corrected chi connectivity index (χ4v) is 15.0. The summed E-state index contributed by atoms with van der Waals surface area (Å²) in [6.07, 6.45) is 57.4. The Morgan fingerprint density at radius 2 is 0.242 bits per heavy atom. The average Bonchev–Trinajstić information content (AvgIpc) is 3.24.